The van der Waals surface area contributed by atoms with Gasteiger partial charge in [-0.3, -0.25) is 4.98 Å². The van der Waals surface area contributed by atoms with Gasteiger partial charge in [0.25, 0.3) is 0 Å². The van der Waals surface area contributed by atoms with E-state index in [0.717, 1.165) is 53.9 Å². The fraction of sp³-hybridized carbons (Fsp3) is 0.375. The van der Waals surface area contributed by atoms with E-state index in [1.54, 1.807) is 12.5 Å². The highest BCUT2D eigenvalue weighted by Gasteiger charge is 2.20. The van der Waals surface area contributed by atoms with Crippen molar-refractivity contribution in [2.45, 2.75) is 32.4 Å². The van der Waals surface area contributed by atoms with Gasteiger partial charge in [0.05, 0.1) is 17.3 Å². The van der Waals surface area contributed by atoms with Crippen LogP contribution in [0.5, 0.6) is 0 Å². The Morgan fingerprint density at radius 3 is 3.00 bits per heavy atom. The van der Waals surface area contributed by atoms with Gasteiger partial charge in [-0.25, -0.2) is 14.6 Å². The molecular formula is C16H17N5O. The number of hydrogen-bond donors (Lipinski definition) is 0. The molecule has 1 fully saturated rings. The van der Waals surface area contributed by atoms with Crippen LogP contribution >= 0.6 is 0 Å². The van der Waals surface area contributed by atoms with Gasteiger partial charge in [-0.05, 0) is 38.3 Å². The molecule has 0 spiro atoms. The molecule has 6 nitrogen and oxygen atoms in total. The zero-order chi connectivity index (χ0) is 14.9. The second kappa shape index (κ2) is 5.46. The lowest BCUT2D eigenvalue weighted by molar-refractivity contribution is -0.0370. The maximum atomic E-state index is 5.83. The number of nitrogens with zero attached hydrogens (tertiary/aromatic N) is 5. The summed E-state index contributed by atoms with van der Waals surface area (Å²) >= 11 is 0. The number of aryl methyl sites for hydroxylation is 1. The van der Waals surface area contributed by atoms with Crippen molar-refractivity contribution < 1.29 is 4.74 Å². The average molecular weight is 295 g/mol. The van der Waals surface area contributed by atoms with Crippen molar-refractivity contribution in [3.8, 4) is 11.3 Å². The molecule has 0 saturated carbocycles. The summed E-state index contributed by atoms with van der Waals surface area (Å²) in [6.07, 6.45) is 8.46. The lowest BCUT2D eigenvalue weighted by Gasteiger charge is -2.22. The van der Waals surface area contributed by atoms with E-state index in [4.69, 9.17) is 4.74 Å². The number of ether oxygens (including phenoxy) is 1. The molecule has 0 radical (unpaired) electrons. The highest BCUT2D eigenvalue weighted by Crippen LogP contribution is 2.29. The van der Waals surface area contributed by atoms with Crippen molar-refractivity contribution in [2.75, 3.05) is 6.61 Å². The zero-order valence-corrected chi connectivity index (χ0v) is 12.4. The summed E-state index contributed by atoms with van der Waals surface area (Å²) in [5.41, 5.74) is 3.71. The molecule has 6 heteroatoms. The Morgan fingerprint density at radius 2 is 2.18 bits per heavy atom. The van der Waals surface area contributed by atoms with Crippen LogP contribution in [0.25, 0.3) is 22.3 Å². The maximum Gasteiger partial charge on any atom is 0.164 e. The number of fused-ring (bicyclic) bond motifs is 1. The molecule has 0 amide bonds. The quantitative estimate of drug-likeness (QED) is 0.727. The minimum atomic E-state index is -0.0202. The van der Waals surface area contributed by atoms with E-state index in [1.165, 1.54) is 0 Å². The third kappa shape index (κ3) is 2.25. The number of pyridine rings is 1. The summed E-state index contributed by atoms with van der Waals surface area (Å²) in [6.45, 7) is 2.76. The Bertz CT molecular complexity index is 807. The highest BCUT2D eigenvalue weighted by atomic mass is 16.5. The molecule has 0 aromatic carbocycles. The third-order valence-corrected chi connectivity index (χ3v) is 3.99. The normalized spacial score (nSPS) is 18.7. The van der Waals surface area contributed by atoms with Crippen molar-refractivity contribution in [3.05, 3.63) is 36.5 Å². The minimum Gasteiger partial charge on any atom is -0.356 e. The Labute approximate surface area is 128 Å². The lowest BCUT2D eigenvalue weighted by Crippen LogP contribution is -2.19. The summed E-state index contributed by atoms with van der Waals surface area (Å²) in [7, 11) is 0. The molecule has 0 aliphatic carbocycles. The topological polar surface area (TPSA) is 65.7 Å². The number of rotatable bonds is 2. The maximum absolute atomic E-state index is 5.83. The largest absolute Gasteiger partial charge is 0.356 e. The molecule has 4 rings (SSSR count). The van der Waals surface area contributed by atoms with Crippen molar-refractivity contribution in [1.82, 2.24) is 24.7 Å². The van der Waals surface area contributed by atoms with E-state index in [1.807, 2.05) is 29.9 Å². The fourth-order valence-electron chi connectivity index (χ4n) is 2.91. The van der Waals surface area contributed by atoms with Gasteiger partial charge in [0, 0.05) is 24.1 Å². The lowest BCUT2D eigenvalue weighted by atomic mass is 10.1. The van der Waals surface area contributed by atoms with Gasteiger partial charge in [-0.2, -0.15) is 5.10 Å². The van der Waals surface area contributed by atoms with Crippen LogP contribution in [0.3, 0.4) is 0 Å². The van der Waals surface area contributed by atoms with Crippen molar-refractivity contribution in [1.29, 1.82) is 0 Å². The molecule has 1 unspecified atom stereocenters. The monoisotopic (exact) mass is 295 g/mol. The van der Waals surface area contributed by atoms with E-state index < -0.39 is 0 Å². The van der Waals surface area contributed by atoms with E-state index in [-0.39, 0.29) is 6.23 Å². The van der Waals surface area contributed by atoms with Gasteiger partial charge < -0.3 is 4.74 Å². The van der Waals surface area contributed by atoms with Crippen LogP contribution in [0.4, 0.5) is 0 Å². The van der Waals surface area contributed by atoms with E-state index >= 15 is 0 Å². The Kier molecular flexibility index (Phi) is 3.31. The van der Waals surface area contributed by atoms with Gasteiger partial charge in [0.2, 0.25) is 0 Å². The fourth-order valence-corrected chi connectivity index (χ4v) is 2.91. The van der Waals surface area contributed by atoms with Gasteiger partial charge in [0.15, 0.2) is 11.9 Å². The summed E-state index contributed by atoms with van der Waals surface area (Å²) < 4.78 is 7.71. The molecular weight excluding hydrogens is 278 g/mol. The molecule has 3 aromatic heterocycles. The molecule has 112 valence electrons. The second-order valence-electron chi connectivity index (χ2n) is 5.56. The Balaban J connectivity index is 1.83. The highest BCUT2D eigenvalue weighted by molar-refractivity contribution is 5.89. The summed E-state index contributed by atoms with van der Waals surface area (Å²) in [5.74, 6) is 0. The molecule has 4 heterocycles. The SMILES string of the molecule is Cc1cc(-c2ncnc3c2cnn3C2CCCCO2)ccn1. The molecule has 22 heavy (non-hydrogen) atoms. The molecule has 0 N–H and O–H groups in total. The van der Waals surface area contributed by atoms with Crippen LogP contribution in [0.2, 0.25) is 0 Å². The van der Waals surface area contributed by atoms with E-state index in [0.29, 0.717) is 0 Å². The summed E-state index contributed by atoms with van der Waals surface area (Å²) in [4.78, 5) is 13.1. The van der Waals surface area contributed by atoms with Gasteiger partial charge in [0.1, 0.15) is 6.33 Å². The van der Waals surface area contributed by atoms with Crippen LogP contribution in [-0.4, -0.2) is 31.3 Å². The predicted molar refractivity (Wildman–Crippen MR) is 82.1 cm³/mol. The first-order valence-electron chi connectivity index (χ1n) is 7.56. The van der Waals surface area contributed by atoms with Gasteiger partial charge in [-0.1, -0.05) is 0 Å². The first-order chi connectivity index (χ1) is 10.8. The van der Waals surface area contributed by atoms with Crippen LogP contribution < -0.4 is 0 Å². The predicted octanol–water partition coefficient (Wildman–Crippen LogP) is 2.90. The molecule has 3 aromatic rings. The number of hydrogen-bond acceptors (Lipinski definition) is 5. The molecule has 1 aliphatic rings. The van der Waals surface area contributed by atoms with Gasteiger partial charge >= 0.3 is 0 Å². The first kappa shape index (κ1) is 13.3. The van der Waals surface area contributed by atoms with Crippen LogP contribution in [-0.2, 0) is 4.74 Å². The van der Waals surface area contributed by atoms with Crippen molar-refractivity contribution in [2.24, 2.45) is 0 Å². The Hall–Kier alpha value is -2.34. The summed E-state index contributed by atoms with van der Waals surface area (Å²) in [5, 5.41) is 5.45. The second-order valence-corrected chi connectivity index (χ2v) is 5.56. The molecule has 1 saturated heterocycles. The minimum absolute atomic E-state index is 0.0202. The number of aromatic nitrogens is 5. The van der Waals surface area contributed by atoms with Crippen molar-refractivity contribution in [3.63, 3.8) is 0 Å². The molecule has 0 bridgehead atoms. The standard InChI is InChI=1S/C16H17N5O/c1-11-8-12(5-6-17-11)15-13-9-20-21(16(13)19-10-18-15)14-4-2-3-7-22-14/h5-6,8-10,14H,2-4,7H2,1H3. The smallest absolute Gasteiger partial charge is 0.164 e. The van der Waals surface area contributed by atoms with Crippen LogP contribution in [0, 0.1) is 6.92 Å². The Morgan fingerprint density at radius 1 is 1.23 bits per heavy atom. The van der Waals surface area contributed by atoms with Crippen LogP contribution in [0.1, 0.15) is 31.2 Å². The first-order valence-corrected chi connectivity index (χ1v) is 7.56. The van der Waals surface area contributed by atoms with E-state index in [2.05, 4.69) is 20.1 Å². The van der Waals surface area contributed by atoms with E-state index in [9.17, 15) is 0 Å². The summed E-state index contributed by atoms with van der Waals surface area (Å²) in [6, 6.07) is 3.99. The third-order valence-electron chi connectivity index (χ3n) is 3.99. The van der Waals surface area contributed by atoms with Gasteiger partial charge in [-0.15, -0.1) is 0 Å². The molecule has 1 aliphatic heterocycles. The molecule has 1 atom stereocenters. The van der Waals surface area contributed by atoms with Crippen LogP contribution in [0.15, 0.2) is 30.9 Å². The zero-order valence-electron chi connectivity index (χ0n) is 12.4. The average Bonchev–Trinajstić information content (AvgIpc) is 2.99. The van der Waals surface area contributed by atoms with Crippen molar-refractivity contribution >= 4 is 11.0 Å².